The van der Waals surface area contributed by atoms with E-state index in [9.17, 15) is 9.59 Å². The van der Waals surface area contributed by atoms with Crippen molar-refractivity contribution in [2.45, 2.75) is 19.1 Å². The largest absolute Gasteiger partial charge is 0.467 e. The Labute approximate surface area is 184 Å². The molecule has 6 nitrogen and oxygen atoms in total. The quantitative estimate of drug-likeness (QED) is 0.448. The van der Waals surface area contributed by atoms with Gasteiger partial charge in [0.05, 0.1) is 12.8 Å². The van der Waals surface area contributed by atoms with Gasteiger partial charge in [0.1, 0.15) is 11.5 Å². The molecule has 7 heteroatoms. The maximum atomic E-state index is 13.4. The molecule has 0 aliphatic rings. The molecule has 0 fully saturated rings. The number of hydrogen-bond acceptors (Lipinski definition) is 5. The van der Waals surface area contributed by atoms with Gasteiger partial charge in [-0.2, -0.15) is 0 Å². The molecule has 1 atom stereocenters. The van der Waals surface area contributed by atoms with Crippen LogP contribution in [-0.4, -0.2) is 21.7 Å². The molecule has 0 aliphatic carbocycles. The summed E-state index contributed by atoms with van der Waals surface area (Å²) in [5.41, 5.74) is 1.24. The first-order valence-electron chi connectivity index (χ1n) is 9.82. The molecule has 31 heavy (non-hydrogen) atoms. The predicted octanol–water partition coefficient (Wildman–Crippen LogP) is 4.44. The van der Waals surface area contributed by atoms with Crippen LogP contribution >= 0.6 is 11.3 Å². The minimum absolute atomic E-state index is 0.261. The highest BCUT2D eigenvalue weighted by atomic mass is 32.1. The normalized spacial score (nSPS) is 11.6. The Hall–Kier alpha value is -3.71. The monoisotopic (exact) mass is 431 g/mol. The van der Waals surface area contributed by atoms with Crippen LogP contribution in [0.15, 0.2) is 95.1 Å². The first-order valence-corrected chi connectivity index (χ1v) is 10.7. The molecule has 3 aromatic heterocycles. The minimum Gasteiger partial charge on any atom is -0.467 e. The Morgan fingerprint density at radius 2 is 1.84 bits per heavy atom. The van der Waals surface area contributed by atoms with Gasteiger partial charge in [0, 0.05) is 17.6 Å². The molecule has 4 aromatic rings. The molecule has 4 rings (SSSR count). The number of carbonyl (C=O) groups is 2. The summed E-state index contributed by atoms with van der Waals surface area (Å²) in [6.45, 7) is 0.610. The third-order valence-electron chi connectivity index (χ3n) is 4.73. The van der Waals surface area contributed by atoms with Crippen LogP contribution in [0.5, 0.6) is 0 Å². The van der Waals surface area contributed by atoms with Crippen LogP contribution in [0.3, 0.4) is 0 Å². The Morgan fingerprint density at radius 3 is 2.52 bits per heavy atom. The van der Waals surface area contributed by atoms with E-state index in [-0.39, 0.29) is 24.1 Å². The van der Waals surface area contributed by atoms with E-state index in [2.05, 4.69) is 10.3 Å². The Kier molecular flexibility index (Phi) is 6.54. The van der Waals surface area contributed by atoms with Crippen molar-refractivity contribution in [3.05, 3.63) is 113 Å². The number of rotatable bonds is 8. The molecule has 1 unspecified atom stereocenters. The summed E-state index contributed by atoms with van der Waals surface area (Å²) < 4.78 is 5.58. The lowest BCUT2D eigenvalue weighted by Gasteiger charge is -2.29. The maximum absolute atomic E-state index is 13.4. The number of pyridine rings is 1. The molecule has 0 radical (unpaired) electrons. The summed E-state index contributed by atoms with van der Waals surface area (Å²) in [4.78, 5) is 33.4. The zero-order valence-corrected chi connectivity index (χ0v) is 17.5. The Morgan fingerprint density at radius 1 is 1.00 bits per heavy atom. The van der Waals surface area contributed by atoms with Gasteiger partial charge in [-0.25, -0.2) is 0 Å². The summed E-state index contributed by atoms with van der Waals surface area (Å²) in [6, 6.07) is 21.1. The van der Waals surface area contributed by atoms with Crippen molar-refractivity contribution in [2.24, 2.45) is 0 Å². The summed E-state index contributed by atoms with van der Waals surface area (Å²) in [6.07, 6.45) is 3.06. The molecule has 1 aromatic carbocycles. The van der Waals surface area contributed by atoms with Gasteiger partial charge in [0.2, 0.25) is 0 Å². The first kappa shape index (κ1) is 20.6. The molecule has 156 valence electrons. The average Bonchev–Trinajstić information content (AvgIpc) is 3.53. The van der Waals surface area contributed by atoms with Crippen LogP contribution in [0.1, 0.15) is 32.7 Å². The second-order valence-electron chi connectivity index (χ2n) is 6.85. The van der Waals surface area contributed by atoms with Crippen LogP contribution in [-0.2, 0) is 17.9 Å². The first-order chi connectivity index (χ1) is 15.2. The van der Waals surface area contributed by atoms with Crippen LogP contribution in [0.2, 0.25) is 0 Å². The van der Waals surface area contributed by atoms with E-state index in [0.717, 1.165) is 10.4 Å². The molecular formula is C24H21N3O3S. The Balaban J connectivity index is 1.66. The van der Waals surface area contributed by atoms with Crippen molar-refractivity contribution in [3.63, 3.8) is 0 Å². The predicted molar refractivity (Wildman–Crippen MR) is 118 cm³/mol. The van der Waals surface area contributed by atoms with Crippen molar-refractivity contribution in [3.8, 4) is 0 Å². The van der Waals surface area contributed by atoms with Gasteiger partial charge in [-0.15, -0.1) is 11.3 Å². The molecule has 0 saturated heterocycles. The highest BCUT2D eigenvalue weighted by molar-refractivity contribution is 7.09. The van der Waals surface area contributed by atoms with E-state index in [1.807, 2.05) is 47.8 Å². The van der Waals surface area contributed by atoms with Crippen molar-refractivity contribution >= 4 is 23.2 Å². The fraction of sp³-hybridized carbons (Fsp3) is 0.125. The number of furan rings is 1. The molecule has 0 saturated carbocycles. The summed E-state index contributed by atoms with van der Waals surface area (Å²) >= 11 is 1.52. The summed E-state index contributed by atoms with van der Waals surface area (Å²) in [5.74, 6) is -0.267. The van der Waals surface area contributed by atoms with Crippen molar-refractivity contribution in [2.75, 3.05) is 0 Å². The zero-order valence-electron chi connectivity index (χ0n) is 16.7. The summed E-state index contributed by atoms with van der Waals surface area (Å²) in [5, 5.41) is 4.88. The fourth-order valence-corrected chi connectivity index (χ4v) is 3.94. The van der Waals surface area contributed by atoms with Gasteiger partial charge in [-0.1, -0.05) is 42.5 Å². The summed E-state index contributed by atoms with van der Waals surface area (Å²) in [7, 11) is 0. The number of nitrogens with zero attached hydrogens (tertiary/aromatic N) is 2. The standard InChI is InChI=1S/C24H21N3O3S/c28-23(26-16-18-8-2-1-3-9-18)22(21-12-6-14-30-21)27(17-19-10-7-15-31-19)24(29)20-11-4-5-13-25-20/h1-15,22H,16-17H2,(H,26,28). The van der Waals surface area contributed by atoms with E-state index in [1.54, 1.807) is 36.5 Å². The molecule has 2 amide bonds. The number of nitrogens with one attached hydrogen (secondary N) is 1. The van der Waals surface area contributed by atoms with Gasteiger partial charge in [0.25, 0.3) is 11.8 Å². The van der Waals surface area contributed by atoms with E-state index in [1.165, 1.54) is 22.5 Å². The van der Waals surface area contributed by atoms with Gasteiger partial charge < -0.3 is 14.6 Å². The lowest BCUT2D eigenvalue weighted by molar-refractivity contribution is -0.126. The highest BCUT2D eigenvalue weighted by Gasteiger charge is 2.34. The van der Waals surface area contributed by atoms with Gasteiger partial charge >= 0.3 is 0 Å². The number of aromatic nitrogens is 1. The van der Waals surface area contributed by atoms with E-state index >= 15 is 0 Å². The van der Waals surface area contributed by atoms with E-state index in [4.69, 9.17) is 4.42 Å². The molecule has 1 N–H and O–H groups in total. The number of hydrogen-bond donors (Lipinski definition) is 1. The van der Waals surface area contributed by atoms with Gasteiger partial charge in [-0.3, -0.25) is 14.6 Å². The molecular weight excluding hydrogens is 410 g/mol. The number of thiophene rings is 1. The van der Waals surface area contributed by atoms with Crippen LogP contribution in [0, 0.1) is 0 Å². The minimum atomic E-state index is -0.935. The molecule has 3 heterocycles. The zero-order chi connectivity index (χ0) is 21.5. The van der Waals surface area contributed by atoms with Crippen LogP contribution in [0.25, 0.3) is 0 Å². The molecule has 0 bridgehead atoms. The van der Waals surface area contributed by atoms with Crippen LogP contribution < -0.4 is 5.32 Å². The topological polar surface area (TPSA) is 75.4 Å². The molecule has 0 aliphatic heterocycles. The second-order valence-corrected chi connectivity index (χ2v) is 7.88. The fourth-order valence-electron chi connectivity index (χ4n) is 3.24. The van der Waals surface area contributed by atoms with Crippen LogP contribution in [0.4, 0.5) is 0 Å². The van der Waals surface area contributed by atoms with E-state index in [0.29, 0.717) is 12.3 Å². The van der Waals surface area contributed by atoms with Crippen molar-refractivity contribution in [1.82, 2.24) is 15.2 Å². The van der Waals surface area contributed by atoms with E-state index < -0.39 is 6.04 Å². The second kappa shape index (κ2) is 9.86. The third kappa shape index (κ3) is 5.07. The maximum Gasteiger partial charge on any atom is 0.273 e. The highest BCUT2D eigenvalue weighted by Crippen LogP contribution is 2.27. The number of amides is 2. The Bertz CT molecular complexity index is 1100. The van der Waals surface area contributed by atoms with Crippen molar-refractivity contribution < 1.29 is 14.0 Å². The lowest BCUT2D eigenvalue weighted by atomic mass is 10.1. The number of benzene rings is 1. The SMILES string of the molecule is O=C(NCc1ccccc1)C(c1ccco1)N(Cc1cccs1)C(=O)c1ccccn1. The van der Waals surface area contributed by atoms with Crippen molar-refractivity contribution in [1.29, 1.82) is 0 Å². The number of carbonyl (C=O) groups excluding carboxylic acids is 2. The molecule has 0 spiro atoms. The lowest BCUT2D eigenvalue weighted by Crippen LogP contribution is -2.43. The van der Waals surface area contributed by atoms with Gasteiger partial charge in [0.15, 0.2) is 6.04 Å². The smallest absolute Gasteiger partial charge is 0.273 e. The average molecular weight is 432 g/mol. The third-order valence-corrected chi connectivity index (χ3v) is 5.59. The van der Waals surface area contributed by atoms with Gasteiger partial charge in [-0.05, 0) is 41.3 Å².